The number of carbonyl (C=O) groups is 1. The standard InChI is InChI=1S/C12H22N2O/c1-9(10-5-4-6-10)13-12(15)14-11-7-2-3-8-11/h9-11H,2-8H2,1H3,(H2,13,14,15). The SMILES string of the molecule is CC(NC(=O)NC1CCCC1)C1CCC1. The van der Waals surface area contributed by atoms with Gasteiger partial charge in [0.2, 0.25) is 0 Å². The largest absolute Gasteiger partial charge is 0.335 e. The van der Waals surface area contributed by atoms with Crippen molar-refractivity contribution in [1.82, 2.24) is 10.6 Å². The van der Waals surface area contributed by atoms with Crippen molar-refractivity contribution in [3.63, 3.8) is 0 Å². The molecule has 0 spiro atoms. The summed E-state index contributed by atoms with van der Waals surface area (Å²) in [4.78, 5) is 11.6. The second-order valence-corrected chi connectivity index (χ2v) is 5.08. The number of carbonyl (C=O) groups excluding carboxylic acids is 1. The normalized spacial score (nSPS) is 24.6. The first kappa shape index (κ1) is 10.8. The molecule has 0 aliphatic heterocycles. The van der Waals surface area contributed by atoms with Crippen molar-refractivity contribution >= 4 is 6.03 Å². The van der Waals surface area contributed by atoms with Crippen LogP contribution in [0.4, 0.5) is 4.79 Å². The third kappa shape index (κ3) is 2.86. The van der Waals surface area contributed by atoms with Crippen LogP contribution in [0.5, 0.6) is 0 Å². The van der Waals surface area contributed by atoms with Crippen LogP contribution in [-0.4, -0.2) is 18.1 Å². The van der Waals surface area contributed by atoms with E-state index in [9.17, 15) is 4.79 Å². The quantitative estimate of drug-likeness (QED) is 0.738. The van der Waals surface area contributed by atoms with Gasteiger partial charge in [-0.3, -0.25) is 0 Å². The number of rotatable bonds is 3. The van der Waals surface area contributed by atoms with Gasteiger partial charge in [-0.1, -0.05) is 19.3 Å². The van der Waals surface area contributed by atoms with E-state index in [4.69, 9.17) is 0 Å². The smallest absolute Gasteiger partial charge is 0.315 e. The molecule has 1 unspecified atom stereocenters. The number of urea groups is 1. The molecule has 3 heteroatoms. The molecule has 0 radical (unpaired) electrons. The zero-order chi connectivity index (χ0) is 10.7. The molecule has 15 heavy (non-hydrogen) atoms. The third-order valence-electron chi connectivity index (χ3n) is 3.91. The molecule has 2 aliphatic carbocycles. The fourth-order valence-electron chi connectivity index (χ4n) is 2.56. The van der Waals surface area contributed by atoms with E-state index in [2.05, 4.69) is 17.6 Å². The molecule has 1 atom stereocenters. The summed E-state index contributed by atoms with van der Waals surface area (Å²) in [6.07, 6.45) is 8.75. The van der Waals surface area contributed by atoms with Crippen LogP contribution >= 0.6 is 0 Å². The lowest BCUT2D eigenvalue weighted by molar-refractivity contribution is 0.210. The fourth-order valence-corrected chi connectivity index (χ4v) is 2.56. The van der Waals surface area contributed by atoms with Crippen molar-refractivity contribution in [3.05, 3.63) is 0 Å². The Labute approximate surface area is 92.0 Å². The summed E-state index contributed by atoms with van der Waals surface area (Å²) in [6, 6.07) is 0.819. The van der Waals surface area contributed by atoms with Crippen LogP contribution in [0.3, 0.4) is 0 Å². The van der Waals surface area contributed by atoms with Crippen LogP contribution in [0.2, 0.25) is 0 Å². The van der Waals surface area contributed by atoms with Crippen molar-refractivity contribution < 1.29 is 4.79 Å². The molecule has 2 rings (SSSR count). The molecule has 86 valence electrons. The summed E-state index contributed by atoms with van der Waals surface area (Å²) in [5.41, 5.74) is 0. The van der Waals surface area contributed by atoms with Gasteiger partial charge in [-0.15, -0.1) is 0 Å². The number of hydrogen-bond donors (Lipinski definition) is 2. The van der Waals surface area contributed by atoms with E-state index < -0.39 is 0 Å². The van der Waals surface area contributed by atoms with E-state index in [1.807, 2.05) is 0 Å². The highest BCUT2D eigenvalue weighted by Gasteiger charge is 2.25. The third-order valence-corrected chi connectivity index (χ3v) is 3.91. The molecule has 3 nitrogen and oxygen atoms in total. The van der Waals surface area contributed by atoms with Gasteiger partial charge in [-0.25, -0.2) is 4.79 Å². The highest BCUT2D eigenvalue weighted by molar-refractivity contribution is 5.74. The minimum absolute atomic E-state index is 0.0429. The Morgan fingerprint density at radius 2 is 1.80 bits per heavy atom. The lowest BCUT2D eigenvalue weighted by Gasteiger charge is -2.32. The first-order valence-corrected chi connectivity index (χ1v) is 6.33. The second kappa shape index (κ2) is 4.86. The molecule has 2 amide bonds. The maximum atomic E-state index is 11.6. The Bertz CT molecular complexity index is 220. The van der Waals surface area contributed by atoms with E-state index >= 15 is 0 Å². The second-order valence-electron chi connectivity index (χ2n) is 5.08. The lowest BCUT2D eigenvalue weighted by Crippen LogP contribution is -2.48. The van der Waals surface area contributed by atoms with E-state index in [0.29, 0.717) is 12.1 Å². The van der Waals surface area contributed by atoms with Crippen molar-refractivity contribution in [3.8, 4) is 0 Å². The number of hydrogen-bond acceptors (Lipinski definition) is 1. The Kier molecular flexibility index (Phi) is 3.49. The highest BCUT2D eigenvalue weighted by Crippen LogP contribution is 2.29. The van der Waals surface area contributed by atoms with Gasteiger partial charge in [0, 0.05) is 12.1 Å². The van der Waals surface area contributed by atoms with Gasteiger partial charge < -0.3 is 10.6 Å². The Hall–Kier alpha value is -0.730. The molecule has 0 aromatic rings. The Morgan fingerprint density at radius 1 is 1.13 bits per heavy atom. The zero-order valence-electron chi connectivity index (χ0n) is 9.59. The number of amides is 2. The summed E-state index contributed by atoms with van der Waals surface area (Å²) >= 11 is 0. The topological polar surface area (TPSA) is 41.1 Å². The molecule has 0 aromatic carbocycles. The van der Waals surface area contributed by atoms with Gasteiger partial charge in [-0.05, 0) is 38.5 Å². The molecule has 2 saturated carbocycles. The fraction of sp³-hybridized carbons (Fsp3) is 0.917. The maximum Gasteiger partial charge on any atom is 0.315 e. The molecule has 0 aromatic heterocycles. The van der Waals surface area contributed by atoms with Crippen LogP contribution in [0.1, 0.15) is 51.9 Å². The van der Waals surface area contributed by atoms with Gasteiger partial charge in [0.15, 0.2) is 0 Å². The molecule has 0 saturated heterocycles. The minimum atomic E-state index is 0.0429. The molecule has 2 fully saturated rings. The van der Waals surface area contributed by atoms with E-state index in [-0.39, 0.29) is 6.03 Å². The Balaban J connectivity index is 1.66. The van der Waals surface area contributed by atoms with Crippen LogP contribution < -0.4 is 10.6 Å². The minimum Gasteiger partial charge on any atom is -0.335 e. The van der Waals surface area contributed by atoms with Crippen molar-refractivity contribution in [2.45, 2.75) is 64.0 Å². The molecule has 2 N–H and O–H groups in total. The average molecular weight is 210 g/mol. The molecular weight excluding hydrogens is 188 g/mol. The van der Waals surface area contributed by atoms with Crippen LogP contribution in [0, 0.1) is 5.92 Å². The molecule has 2 aliphatic rings. The van der Waals surface area contributed by atoms with Gasteiger partial charge in [0.05, 0.1) is 0 Å². The predicted octanol–water partition coefficient (Wildman–Crippen LogP) is 2.42. The number of nitrogens with one attached hydrogen (secondary N) is 2. The van der Waals surface area contributed by atoms with Gasteiger partial charge in [0.1, 0.15) is 0 Å². The van der Waals surface area contributed by atoms with Crippen LogP contribution in [0.25, 0.3) is 0 Å². The van der Waals surface area contributed by atoms with Crippen molar-refractivity contribution in [2.75, 3.05) is 0 Å². The molecular formula is C12H22N2O. The van der Waals surface area contributed by atoms with Gasteiger partial charge in [-0.2, -0.15) is 0 Å². The van der Waals surface area contributed by atoms with Crippen LogP contribution in [-0.2, 0) is 0 Å². The monoisotopic (exact) mass is 210 g/mol. The van der Waals surface area contributed by atoms with Crippen LogP contribution in [0.15, 0.2) is 0 Å². The van der Waals surface area contributed by atoms with Gasteiger partial charge >= 0.3 is 6.03 Å². The average Bonchev–Trinajstić information content (AvgIpc) is 2.52. The first-order valence-electron chi connectivity index (χ1n) is 6.33. The summed E-state index contributed by atoms with van der Waals surface area (Å²) in [5.74, 6) is 0.722. The zero-order valence-corrected chi connectivity index (χ0v) is 9.59. The van der Waals surface area contributed by atoms with Crippen molar-refractivity contribution in [2.24, 2.45) is 5.92 Å². The van der Waals surface area contributed by atoms with E-state index in [1.165, 1.54) is 32.1 Å². The Morgan fingerprint density at radius 3 is 2.33 bits per heavy atom. The van der Waals surface area contributed by atoms with Crippen molar-refractivity contribution in [1.29, 1.82) is 0 Å². The lowest BCUT2D eigenvalue weighted by atomic mass is 9.80. The summed E-state index contributed by atoms with van der Waals surface area (Å²) < 4.78 is 0. The van der Waals surface area contributed by atoms with E-state index in [1.54, 1.807) is 0 Å². The first-order chi connectivity index (χ1) is 7.25. The van der Waals surface area contributed by atoms with E-state index in [0.717, 1.165) is 18.8 Å². The maximum absolute atomic E-state index is 11.6. The summed E-state index contributed by atoms with van der Waals surface area (Å²) in [5, 5.41) is 6.12. The summed E-state index contributed by atoms with van der Waals surface area (Å²) in [6.45, 7) is 2.12. The summed E-state index contributed by atoms with van der Waals surface area (Å²) in [7, 11) is 0. The molecule has 0 bridgehead atoms. The van der Waals surface area contributed by atoms with Gasteiger partial charge in [0.25, 0.3) is 0 Å². The predicted molar refractivity (Wildman–Crippen MR) is 60.7 cm³/mol. The highest BCUT2D eigenvalue weighted by atomic mass is 16.2. The molecule has 0 heterocycles.